The number of rotatable bonds is 2. The van der Waals surface area contributed by atoms with E-state index in [1.807, 2.05) is 0 Å². The molecular formula is C15H12Cl2FNO2. The van der Waals surface area contributed by atoms with Gasteiger partial charge in [-0.05, 0) is 18.2 Å². The molecular weight excluding hydrogens is 316 g/mol. The van der Waals surface area contributed by atoms with Crippen molar-refractivity contribution in [2.75, 3.05) is 13.2 Å². The highest BCUT2D eigenvalue weighted by molar-refractivity contribution is 6.39. The van der Waals surface area contributed by atoms with Crippen LogP contribution in [0.1, 0.15) is 0 Å². The van der Waals surface area contributed by atoms with Gasteiger partial charge in [-0.25, -0.2) is 4.39 Å². The van der Waals surface area contributed by atoms with E-state index in [0.29, 0.717) is 39.2 Å². The molecule has 3 rings (SSSR count). The van der Waals surface area contributed by atoms with Gasteiger partial charge in [-0.1, -0.05) is 29.3 Å². The maximum absolute atomic E-state index is 13.8. The molecule has 110 valence electrons. The first-order chi connectivity index (χ1) is 10.1. The fourth-order valence-corrected chi connectivity index (χ4v) is 2.84. The first-order valence-electron chi connectivity index (χ1n) is 6.37. The first-order valence-corrected chi connectivity index (χ1v) is 7.13. The summed E-state index contributed by atoms with van der Waals surface area (Å²) in [6.45, 7) is 0.579. The molecule has 0 bridgehead atoms. The molecule has 0 fully saturated rings. The van der Waals surface area contributed by atoms with E-state index in [2.05, 4.69) is 0 Å². The number of hydrogen-bond donors (Lipinski definition) is 1. The van der Waals surface area contributed by atoms with E-state index in [0.717, 1.165) is 0 Å². The van der Waals surface area contributed by atoms with Crippen LogP contribution in [0.15, 0.2) is 30.3 Å². The second-order valence-electron chi connectivity index (χ2n) is 4.66. The van der Waals surface area contributed by atoms with Crippen LogP contribution in [-0.2, 0) is 0 Å². The minimum absolute atomic E-state index is 0.280. The molecule has 1 heterocycles. The van der Waals surface area contributed by atoms with E-state index in [1.165, 1.54) is 12.1 Å². The van der Waals surface area contributed by atoms with Gasteiger partial charge in [0.25, 0.3) is 0 Å². The lowest BCUT2D eigenvalue weighted by atomic mass is 10.0. The largest absolute Gasteiger partial charge is 0.486 e. The smallest absolute Gasteiger partial charge is 0.169 e. The zero-order chi connectivity index (χ0) is 15.0. The predicted molar refractivity (Wildman–Crippen MR) is 80.8 cm³/mol. The van der Waals surface area contributed by atoms with E-state index in [4.69, 9.17) is 38.4 Å². The number of benzene rings is 2. The molecule has 2 aromatic rings. The Morgan fingerprint density at radius 1 is 1.24 bits per heavy atom. The van der Waals surface area contributed by atoms with Crippen LogP contribution in [0.25, 0.3) is 11.1 Å². The van der Waals surface area contributed by atoms with Gasteiger partial charge in [0.15, 0.2) is 11.5 Å². The highest BCUT2D eigenvalue weighted by Gasteiger charge is 2.26. The molecule has 0 aromatic heterocycles. The Labute approximate surface area is 131 Å². The average Bonchev–Trinajstić information content (AvgIpc) is 2.46. The third-order valence-electron chi connectivity index (χ3n) is 3.22. The number of fused-ring (bicyclic) bond motifs is 1. The van der Waals surface area contributed by atoms with Crippen molar-refractivity contribution >= 4 is 23.2 Å². The quantitative estimate of drug-likeness (QED) is 0.909. The van der Waals surface area contributed by atoms with Gasteiger partial charge in [-0.3, -0.25) is 0 Å². The van der Waals surface area contributed by atoms with Gasteiger partial charge in [0.2, 0.25) is 0 Å². The van der Waals surface area contributed by atoms with E-state index in [-0.39, 0.29) is 12.7 Å². The van der Waals surface area contributed by atoms with E-state index in [1.54, 1.807) is 18.2 Å². The molecule has 3 nitrogen and oxygen atoms in total. The molecule has 0 unspecified atom stereocenters. The lowest BCUT2D eigenvalue weighted by molar-refractivity contribution is 0.0971. The number of nitrogens with two attached hydrogens (primary N) is 1. The minimum Gasteiger partial charge on any atom is -0.486 e. The van der Waals surface area contributed by atoms with E-state index >= 15 is 0 Å². The first kappa shape index (κ1) is 14.4. The summed E-state index contributed by atoms with van der Waals surface area (Å²) in [6.07, 6.45) is -0.289. The zero-order valence-electron chi connectivity index (χ0n) is 10.9. The van der Waals surface area contributed by atoms with Gasteiger partial charge in [-0.2, -0.15) is 0 Å². The summed E-state index contributed by atoms with van der Waals surface area (Å²) in [4.78, 5) is 0. The number of hydrogen-bond acceptors (Lipinski definition) is 3. The Morgan fingerprint density at radius 2 is 1.95 bits per heavy atom. The van der Waals surface area contributed by atoms with Crippen molar-refractivity contribution in [3.8, 4) is 22.6 Å². The molecule has 21 heavy (non-hydrogen) atoms. The SMILES string of the molecule is NC[C@H]1COc2cc(F)cc(-c3c(Cl)cccc3Cl)c2O1. The van der Waals surface area contributed by atoms with Crippen LogP contribution in [-0.4, -0.2) is 19.3 Å². The van der Waals surface area contributed by atoms with Crippen LogP contribution in [0.5, 0.6) is 11.5 Å². The molecule has 0 saturated carbocycles. The minimum atomic E-state index is -0.450. The molecule has 6 heteroatoms. The summed E-state index contributed by atoms with van der Waals surface area (Å²) in [7, 11) is 0. The second-order valence-corrected chi connectivity index (χ2v) is 5.48. The van der Waals surface area contributed by atoms with Gasteiger partial charge in [-0.15, -0.1) is 0 Å². The van der Waals surface area contributed by atoms with Crippen molar-refractivity contribution in [3.05, 3.63) is 46.2 Å². The summed E-state index contributed by atoms with van der Waals surface area (Å²) in [5, 5.41) is 0.822. The van der Waals surface area contributed by atoms with Crippen molar-refractivity contribution in [2.45, 2.75) is 6.10 Å². The van der Waals surface area contributed by atoms with Gasteiger partial charge < -0.3 is 15.2 Å². The van der Waals surface area contributed by atoms with Crippen LogP contribution >= 0.6 is 23.2 Å². The Hall–Kier alpha value is -1.49. The standard InChI is InChI=1S/C15H12Cl2FNO2/c16-11-2-1-3-12(17)14(11)10-4-8(18)5-13-15(10)21-9(6-19)7-20-13/h1-5,9H,6-7,19H2/t9-/m0/s1. The second kappa shape index (κ2) is 5.72. The normalized spacial score (nSPS) is 16.9. The van der Waals surface area contributed by atoms with Crippen molar-refractivity contribution in [3.63, 3.8) is 0 Å². The maximum atomic E-state index is 13.8. The molecule has 0 saturated heterocycles. The lowest BCUT2D eigenvalue weighted by Gasteiger charge is -2.28. The fourth-order valence-electron chi connectivity index (χ4n) is 2.24. The summed E-state index contributed by atoms with van der Waals surface area (Å²) in [5.74, 6) is 0.285. The van der Waals surface area contributed by atoms with Crippen LogP contribution in [0.2, 0.25) is 10.0 Å². The van der Waals surface area contributed by atoms with Crippen molar-refractivity contribution < 1.29 is 13.9 Å². The predicted octanol–water partition coefficient (Wildman–Crippen LogP) is 3.90. The van der Waals surface area contributed by atoms with E-state index in [9.17, 15) is 4.39 Å². The van der Waals surface area contributed by atoms with Gasteiger partial charge in [0.05, 0.1) is 10.0 Å². The average molecular weight is 328 g/mol. The Bertz CT molecular complexity index is 673. The van der Waals surface area contributed by atoms with Crippen LogP contribution in [0, 0.1) is 5.82 Å². The van der Waals surface area contributed by atoms with Crippen molar-refractivity contribution in [2.24, 2.45) is 5.73 Å². The highest BCUT2D eigenvalue weighted by atomic mass is 35.5. The highest BCUT2D eigenvalue weighted by Crippen LogP contribution is 2.46. The molecule has 1 aliphatic heterocycles. The number of halogens is 3. The fraction of sp³-hybridized carbons (Fsp3) is 0.200. The third-order valence-corrected chi connectivity index (χ3v) is 3.85. The maximum Gasteiger partial charge on any atom is 0.169 e. The molecule has 2 N–H and O–H groups in total. The van der Waals surface area contributed by atoms with Crippen LogP contribution < -0.4 is 15.2 Å². The topological polar surface area (TPSA) is 44.5 Å². The molecule has 2 aromatic carbocycles. The zero-order valence-corrected chi connectivity index (χ0v) is 12.4. The van der Waals surface area contributed by atoms with Gasteiger partial charge in [0, 0.05) is 23.7 Å². The van der Waals surface area contributed by atoms with Crippen LogP contribution in [0.3, 0.4) is 0 Å². The summed E-state index contributed by atoms with van der Waals surface area (Å²) >= 11 is 12.4. The summed E-state index contributed by atoms with van der Waals surface area (Å²) < 4.78 is 25.2. The molecule has 0 spiro atoms. The number of ether oxygens (including phenoxy) is 2. The van der Waals surface area contributed by atoms with Crippen molar-refractivity contribution in [1.82, 2.24) is 0 Å². The molecule has 0 amide bonds. The monoisotopic (exact) mass is 327 g/mol. The molecule has 1 atom stereocenters. The van der Waals surface area contributed by atoms with Crippen LogP contribution in [0.4, 0.5) is 4.39 Å². The third kappa shape index (κ3) is 2.67. The molecule has 0 radical (unpaired) electrons. The van der Waals surface area contributed by atoms with Crippen molar-refractivity contribution in [1.29, 1.82) is 0 Å². The van der Waals surface area contributed by atoms with E-state index < -0.39 is 5.82 Å². The Morgan fingerprint density at radius 3 is 2.62 bits per heavy atom. The lowest BCUT2D eigenvalue weighted by Crippen LogP contribution is -2.36. The Kier molecular flexibility index (Phi) is 3.93. The molecule has 0 aliphatic carbocycles. The Balaban J connectivity index is 2.21. The summed E-state index contributed by atoms with van der Waals surface area (Å²) in [6, 6.07) is 7.69. The van der Waals surface area contributed by atoms with Gasteiger partial charge >= 0.3 is 0 Å². The van der Waals surface area contributed by atoms with Gasteiger partial charge in [0.1, 0.15) is 18.5 Å². The summed E-state index contributed by atoms with van der Waals surface area (Å²) in [5.41, 5.74) is 6.58. The molecule has 1 aliphatic rings.